The minimum atomic E-state index is 0.858. The summed E-state index contributed by atoms with van der Waals surface area (Å²) in [6.07, 6.45) is 2.40. The molecule has 0 spiro atoms. The smallest absolute Gasteiger partial charge is 0.0642 e. The molecule has 15 heavy (non-hydrogen) atoms. The van der Waals surface area contributed by atoms with E-state index in [1.165, 1.54) is 24.1 Å². The van der Waals surface area contributed by atoms with Gasteiger partial charge in [-0.25, -0.2) is 0 Å². The van der Waals surface area contributed by atoms with Crippen LogP contribution < -0.4 is 4.90 Å². The molecular weight excluding hydrogens is 186 g/mol. The maximum Gasteiger partial charge on any atom is 0.0642 e. The van der Waals surface area contributed by atoms with Gasteiger partial charge < -0.3 is 9.64 Å². The van der Waals surface area contributed by atoms with E-state index in [2.05, 4.69) is 36.1 Å². The molecule has 1 saturated heterocycles. The summed E-state index contributed by atoms with van der Waals surface area (Å²) in [7, 11) is 0. The van der Waals surface area contributed by atoms with Crippen molar-refractivity contribution in [3.8, 4) is 0 Å². The summed E-state index contributed by atoms with van der Waals surface area (Å²) in [4.78, 5) is 2.39. The van der Waals surface area contributed by atoms with Crippen LogP contribution in [0.15, 0.2) is 24.3 Å². The maximum absolute atomic E-state index is 5.34. The molecule has 2 rings (SSSR count). The van der Waals surface area contributed by atoms with Crippen LogP contribution in [0, 0.1) is 0 Å². The molecule has 0 radical (unpaired) electrons. The van der Waals surface area contributed by atoms with Gasteiger partial charge in [-0.2, -0.15) is 0 Å². The summed E-state index contributed by atoms with van der Waals surface area (Å²) in [5, 5.41) is 0. The molecule has 1 aliphatic rings. The monoisotopic (exact) mass is 205 g/mol. The van der Waals surface area contributed by atoms with Crippen LogP contribution in [0.2, 0.25) is 0 Å². The summed E-state index contributed by atoms with van der Waals surface area (Å²) in [5.74, 6) is 0. The first-order valence-electron chi connectivity index (χ1n) is 5.82. The van der Waals surface area contributed by atoms with E-state index in [4.69, 9.17) is 4.74 Å². The lowest BCUT2D eigenvalue weighted by molar-refractivity contribution is 0.122. The predicted molar refractivity (Wildman–Crippen MR) is 63.5 cm³/mol. The Kier molecular flexibility index (Phi) is 3.62. The second kappa shape index (κ2) is 5.17. The number of aryl methyl sites for hydroxylation is 1. The largest absolute Gasteiger partial charge is 0.378 e. The second-order valence-electron chi connectivity index (χ2n) is 4.02. The molecule has 0 bridgehead atoms. The van der Waals surface area contributed by atoms with Crippen LogP contribution in [0.25, 0.3) is 0 Å². The van der Waals surface area contributed by atoms with Crippen molar-refractivity contribution < 1.29 is 4.74 Å². The van der Waals surface area contributed by atoms with E-state index in [-0.39, 0.29) is 0 Å². The van der Waals surface area contributed by atoms with E-state index < -0.39 is 0 Å². The highest BCUT2D eigenvalue weighted by atomic mass is 16.5. The lowest BCUT2D eigenvalue weighted by Gasteiger charge is -2.28. The maximum atomic E-state index is 5.34. The number of nitrogens with zero attached hydrogens (tertiary/aromatic N) is 1. The Bertz CT molecular complexity index is 288. The molecule has 0 atom stereocenters. The van der Waals surface area contributed by atoms with E-state index in [9.17, 15) is 0 Å². The second-order valence-corrected chi connectivity index (χ2v) is 4.02. The van der Waals surface area contributed by atoms with Crippen molar-refractivity contribution in [1.82, 2.24) is 0 Å². The molecule has 82 valence electrons. The molecule has 0 N–H and O–H groups in total. The lowest BCUT2D eigenvalue weighted by Crippen LogP contribution is -2.36. The Morgan fingerprint density at radius 3 is 2.40 bits per heavy atom. The Labute approximate surface area is 91.9 Å². The van der Waals surface area contributed by atoms with Crippen LogP contribution in [0.4, 0.5) is 5.69 Å². The van der Waals surface area contributed by atoms with Crippen molar-refractivity contribution >= 4 is 5.69 Å². The van der Waals surface area contributed by atoms with Gasteiger partial charge >= 0.3 is 0 Å². The van der Waals surface area contributed by atoms with E-state index in [0.717, 1.165) is 26.3 Å². The Morgan fingerprint density at radius 1 is 1.13 bits per heavy atom. The Morgan fingerprint density at radius 2 is 1.80 bits per heavy atom. The third-order valence-electron chi connectivity index (χ3n) is 2.85. The van der Waals surface area contributed by atoms with E-state index >= 15 is 0 Å². The molecule has 0 amide bonds. The van der Waals surface area contributed by atoms with Crippen LogP contribution in [-0.2, 0) is 11.2 Å². The minimum Gasteiger partial charge on any atom is -0.378 e. The summed E-state index contributed by atoms with van der Waals surface area (Å²) < 4.78 is 5.34. The molecule has 1 aliphatic heterocycles. The van der Waals surface area contributed by atoms with Crippen molar-refractivity contribution in [2.45, 2.75) is 19.8 Å². The van der Waals surface area contributed by atoms with E-state index in [0.29, 0.717) is 0 Å². The molecule has 2 heteroatoms. The fourth-order valence-corrected chi connectivity index (χ4v) is 1.98. The van der Waals surface area contributed by atoms with Gasteiger partial charge in [0.25, 0.3) is 0 Å². The molecule has 0 saturated carbocycles. The molecular formula is C13H19NO. The molecule has 1 aromatic rings. The number of anilines is 1. The molecule has 0 aromatic heterocycles. The minimum absolute atomic E-state index is 0.858. The first-order valence-corrected chi connectivity index (χ1v) is 5.82. The van der Waals surface area contributed by atoms with Gasteiger partial charge in [-0.1, -0.05) is 25.5 Å². The fraction of sp³-hybridized carbons (Fsp3) is 0.538. The average Bonchev–Trinajstić information content (AvgIpc) is 2.32. The first kappa shape index (κ1) is 10.5. The van der Waals surface area contributed by atoms with Crippen LogP contribution >= 0.6 is 0 Å². The zero-order valence-corrected chi connectivity index (χ0v) is 9.41. The van der Waals surface area contributed by atoms with Crippen molar-refractivity contribution in [2.75, 3.05) is 31.2 Å². The third-order valence-corrected chi connectivity index (χ3v) is 2.85. The Hall–Kier alpha value is -1.02. The van der Waals surface area contributed by atoms with Crippen molar-refractivity contribution in [3.63, 3.8) is 0 Å². The highest BCUT2D eigenvalue weighted by Gasteiger charge is 2.10. The predicted octanol–water partition coefficient (Wildman–Crippen LogP) is 2.48. The number of morpholine rings is 1. The first-order chi connectivity index (χ1) is 7.40. The molecule has 0 aliphatic carbocycles. The number of ether oxygens (including phenoxy) is 1. The number of benzene rings is 1. The topological polar surface area (TPSA) is 12.5 Å². The third kappa shape index (κ3) is 2.72. The number of hydrogen-bond acceptors (Lipinski definition) is 2. The van der Waals surface area contributed by atoms with Crippen molar-refractivity contribution in [3.05, 3.63) is 29.8 Å². The molecule has 1 aromatic carbocycles. The number of hydrogen-bond donors (Lipinski definition) is 0. The fourth-order valence-electron chi connectivity index (χ4n) is 1.98. The molecule has 2 nitrogen and oxygen atoms in total. The zero-order valence-electron chi connectivity index (χ0n) is 9.41. The molecule has 0 unspecified atom stereocenters. The van der Waals surface area contributed by atoms with Gasteiger partial charge in [0.2, 0.25) is 0 Å². The summed E-state index contributed by atoms with van der Waals surface area (Å²) in [6, 6.07) is 8.95. The summed E-state index contributed by atoms with van der Waals surface area (Å²) in [6.45, 7) is 5.98. The van der Waals surface area contributed by atoms with Gasteiger partial charge in [-0.15, -0.1) is 0 Å². The van der Waals surface area contributed by atoms with Gasteiger partial charge in [0.15, 0.2) is 0 Å². The van der Waals surface area contributed by atoms with Gasteiger partial charge in [0.1, 0.15) is 0 Å². The normalized spacial score (nSPS) is 16.7. The molecule has 1 heterocycles. The van der Waals surface area contributed by atoms with Crippen LogP contribution in [0.1, 0.15) is 18.9 Å². The van der Waals surface area contributed by atoms with Crippen LogP contribution in [0.5, 0.6) is 0 Å². The van der Waals surface area contributed by atoms with Gasteiger partial charge in [0, 0.05) is 18.8 Å². The van der Waals surface area contributed by atoms with Gasteiger partial charge in [-0.3, -0.25) is 0 Å². The van der Waals surface area contributed by atoms with E-state index in [1.807, 2.05) is 0 Å². The highest BCUT2D eigenvalue weighted by molar-refractivity contribution is 5.47. The quantitative estimate of drug-likeness (QED) is 0.751. The van der Waals surface area contributed by atoms with Crippen LogP contribution in [-0.4, -0.2) is 26.3 Å². The van der Waals surface area contributed by atoms with Crippen molar-refractivity contribution in [2.24, 2.45) is 0 Å². The SMILES string of the molecule is CCCc1ccc(N2CCOCC2)cc1. The highest BCUT2D eigenvalue weighted by Crippen LogP contribution is 2.17. The van der Waals surface area contributed by atoms with Crippen molar-refractivity contribution in [1.29, 1.82) is 0 Å². The number of rotatable bonds is 3. The standard InChI is InChI=1S/C13H19NO/c1-2-3-12-4-6-13(7-5-12)14-8-10-15-11-9-14/h4-7H,2-3,8-11H2,1H3. The summed E-state index contributed by atoms with van der Waals surface area (Å²) >= 11 is 0. The van der Waals surface area contributed by atoms with Crippen LogP contribution in [0.3, 0.4) is 0 Å². The Balaban J connectivity index is 2.02. The average molecular weight is 205 g/mol. The van der Waals surface area contributed by atoms with Gasteiger partial charge in [-0.05, 0) is 24.1 Å². The zero-order chi connectivity index (χ0) is 10.5. The molecule has 1 fully saturated rings. The van der Waals surface area contributed by atoms with E-state index in [1.54, 1.807) is 0 Å². The van der Waals surface area contributed by atoms with Gasteiger partial charge in [0.05, 0.1) is 13.2 Å². The summed E-state index contributed by atoms with van der Waals surface area (Å²) in [5.41, 5.74) is 2.77. The lowest BCUT2D eigenvalue weighted by atomic mass is 10.1.